The lowest BCUT2D eigenvalue weighted by molar-refractivity contribution is 0.0799. The van der Waals surface area contributed by atoms with E-state index in [1.54, 1.807) is 0 Å². The van der Waals surface area contributed by atoms with Gasteiger partial charge in [0.25, 0.3) is 0 Å². The second-order valence-electron chi connectivity index (χ2n) is 1.86. The first-order chi connectivity index (χ1) is 4.66. The van der Waals surface area contributed by atoms with Gasteiger partial charge in [-0.05, 0) is 12.0 Å². The molecule has 58 valence electrons. The fraction of sp³-hybridized carbons (Fsp3) is 0.500. The summed E-state index contributed by atoms with van der Waals surface area (Å²) in [7, 11) is 0. The predicted octanol–water partition coefficient (Wildman–Crippen LogP) is 0.553. The maximum Gasteiger partial charge on any atom is 0.336 e. The molecule has 0 aromatic rings. The molecule has 0 aromatic heterocycles. The number of hydroxylamine groups is 1. The number of nitrogens with two attached hydrogens (primary N) is 1. The molecule has 0 bridgehead atoms. The zero-order valence-electron chi connectivity index (χ0n) is 6.02. The van der Waals surface area contributed by atoms with E-state index < -0.39 is 6.03 Å². The highest BCUT2D eigenvalue weighted by molar-refractivity contribution is 5.70. The van der Waals surface area contributed by atoms with Crippen molar-refractivity contribution in [3.8, 4) is 0 Å². The standard InChI is InChI=1S/C6H12N2O2/c1-3-5(2)4-10-8-6(7)9/h2-4H2,1H3,(H3,7,8,9). The number of rotatable bonds is 4. The third-order valence-corrected chi connectivity index (χ3v) is 0.949. The van der Waals surface area contributed by atoms with Gasteiger partial charge in [-0.3, -0.25) is 4.84 Å². The Bertz CT molecular complexity index is 134. The fourth-order valence-corrected chi connectivity index (χ4v) is 0.311. The van der Waals surface area contributed by atoms with Crippen LogP contribution in [0.2, 0.25) is 0 Å². The number of amides is 2. The summed E-state index contributed by atoms with van der Waals surface area (Å²) < 4.78 is 0. The Kier molecular flexibility index (Phi) is 4.32. The summed E-state index contributed by atoms with van der Waals surface area (Å²) >= 11 is 0. The number of hydrogen-bond donors (Lipinski definition) is 2. The number of carbonyl (C=O) groups excluding carboxylic acids is 1. The van der Waals surface area contributed by atoms with Crippen molar-refractivity contribution >= 4 is 6.03 Å². The van der Waals surface area contributed by atoms with E-state index in [-0.39, 0.29) is 0 Å². The molecule has 0 aliphatic heterocycles. The third-order valence-electron chi connectivity index (χ3n) is 0.949. The van der Waals surface area contributed by atoms with Crippen molar-refractivity contribution in [3.05, 3.63) is 12.2 Å². The van der Waals surface area contributed by atoms with Crippen molar-refractivity contribution in [3.63, 3.8) is 0 Å². The molecule has 0 saturated carbocycles. The minimum Gasteiger partial charge on any atom is -0.350 e. The van der Waals surface area contributed by atoms with Gasteiger partial charge in [-0.1, -0.05) is 13.5 Å². The van der Waals surface area contributed by atoms with Crippen LogP contribution in [0.4, 0.5) is 4.79 Å². The maximum absolute atomic E-state index is 10.0. The second kappa shape index (κ2) is 4.81. The van der Waals surface area contributed by atoms with Crippen LogP contribution in [0.5, 0.6) is 0 Å². The minimum absolute atomic E-state index is 0.319. The van der Waals surface area contributed by atoms with Crippen molar-refractivity contribution in [2.45, 2.75) is 13.3 Å². The fourth-order valence-electron chi connectivity index (χ4n) is 0.311. The smallest absolute Gasteiger partial charge is 0.336 e. The second-order valence-corrected chi connectivity index (χ2v) is 1.86. The highest BCUT2D eigenvalue weighted by atomic mass is 16.7. The van der Waals surface area contributed by atoms with Crippen LogP contribution < -0.4 is 11.2 Å². The van der Waals surface area contributed by atoms with Gasteiger partial charge in [0, 0.05) is 0 Å². The number of carbonyl (C=O) groups is 1. The molecule has 0 unspecified atom stereocenters. The Morgan fingerprint density at radius 1 is 1.80 bits per heavy atom. The van der Waals surface area contributed by atoms with Gasteiger partial charge in [-0.25, -0.2) is 10.3 Å². The predicted molar refractivity (Wildman–Crippen MR) is 38.1 cm³/mol. The van der Waals surface area contributed by atoms with Gasteiger partial charge >= 0.3 is 6.03 Å². The zero-order chi connectivity index (χ0) is 7.98. The molecule has 0 radical (unpaired) electrons. The lowest BCUT2D eigenvalue weighted by Crippen LogP contribution is -2.29. The van der Waals surface area contributed by atoms with Crippen molar-refractivity contribution in [1.29, 1.82) is 0 Å². The molecule has 0 aromatic carbocycles. The van der Waals surface area contributed by atoms with Crippen LogP contribution in [0.25, 0.3) is 0 Å². The maximum atomic E-state index is 10.0. The van der Waals surface area contributed by atoms with E-state index >= 15 is 0 Å². The van der Waals surface area contributed by atoms with Gasteiger partial charge in [0.05, 0.1) is 6.61 Å². The summed E-state index contributed by atoms with van der Waals surface area (Å²) in [5, 5.41) is 0. The number of hydrogen-bond acceptors (Lipinski definition) is 2. The van der Waals surface area contributed by atoms with Crippen LogP contribution in [0.1, 0.15) is 13.3 Å². The van der Waals surface area contributed by atoms with E-state index in [1.807, 2.05) is 12.4 Å². The average Bonchev–Trinajstić information content (AvgIpc) is 1.87. The topological polar surface area (TPSA) is 64.3 Å². The molecule has 0 aliphatic carbocycles. The molecule has 0 atom stereocenters. The normalized spacial score (nSPS) is 8.90. The molecule has 0 fully saturated rings. The molecule has 0 saturated heterocycles. The molecule has 10 heavy (non-hydrogen) atoms. The van der Waals surface area contributed by atoms with Gasteiger partial charge in [-0.15, -0.1) is 0 Å². The Hall–Kier alpha value is -1.03. The van der Waals surface area contributed by atoms with E-state index in [2.05, 4.69) is 11.4 Å². The van der Waals surface area contributed by atoms with Crippen LogP contribution in [0, 0.1) is 0 Å². The van der Waals surface area contributed by atoms with Crippen LogP contribution >= 0.6 is 0 Å². The Morgan fingerprint density at radius 2 is 2.40 bits per heavy atom. The number of urea groups is 1. The summed E-state index contributed by atoms with van der Waals surface area (Å²) in [6.45, 7) is 5.93. The molecule has 2 amide bonds. The monoisotopic (exact) mass is 144 g/mol. The van der Waals surface area contributed by atoms with Gasteiger partial charge < -0.3 is 5.73 Å². The molecule has 4 heteroatoms. The summed E-state index contributed by atoms with van der Waals surface area (Å²) in [6.07, 6.45) is 0.834. The third kappa shape index (κ3) is 5.11. The molecule has 0 spiro atoms. The lowest BCUT2D eigenvalue weighted by Gasteiger charge is -2.02. The first-order valence-electron chi connectivity index (χ1n) is 3.00. The Balaban J connectivity index is 3.20. The van der Waals surface area contributed by atoms with Crippen LogP contribution in [-0.4, -0.2) is 12.6 Å². The minimum atomic E-state index is -0.691. The average molecular weight is 144 g/mol. The Morgan fingerprint density at radius 3 is 2.80 bits per heavy atom. The molecule has 0 rings (SSSR count). The van der Waals surface area contributed by atoms with Crippen LogP contribution in [0.3, 0.4) is 0 Å². The first-order valence-corrected chi connectivity index (χ1v) is 3.00. The van der Waals surface area contributed by atoms with E-state index in [9.17, 15) is 4.79 Å². The molecule has 4 nitrogen and oxygen atoms in total. The zero-order valence-corrected chi connectivity index (χ0v) is 6.02. The highest BCUT2D eigenvalue weighted by Crippen LogP contribution is 1.94. The number of nitrogens with one attached hydrogen (secondary N) is 1. The van der Waals surface area contributed by atoms with Crippen molar-refractivity contribution in [2.24, 2.45) is 5.73 Å². The van der Waals surface area contributed by atoms with E-state index in [4.69, 9.17) is 5.73 Å². The molecular weight excluding hydrogens is 132 g/mol. The summed E-state index contributed by atoms with van der Waals surface area (Å²) in [4.78, 5) is 14.6. The number of primary amides is 1. The largest absolute Gasteiger partial charge is 0.350 e. The highest BCUT2D eigenvalue weighted by Gasteiger charge is 1.92. The molecule has 3 N–H and O–H groups in total. The van der Waals surface area contributed by atoms with Crippen LogP contribution in [-0.2, 0) is 4.84 Å². The summed E-state index contributed by atoms with van der Waals surface area (Å²) in [5.41, 5.74) is 7.62. The van der Waals surface area contributed by atoms with Crippen LogP contribution in [0.15, 0.2) is 12.2 Å². The quantitative estimate of drug-likeness (QED) is 0.447. The SMILES string of the molecule is C=C(CC)CONC(N)=O. The van der Waals surface area contributed by atoms with E-state index in [0.29, 0.717) is 6.61 Å². The van der Waals surface area contributed by atoms with E-state index in [1.165, 1.54) is 0 Å². The first kappa shape index (κ1) is 8.97. The summed E-state index contributed by atoms with van der Waals surface area (Å²) in [6, 6.07) is -0.691. The summed E-state index contributed by atoms with van der Waals surface area (Å²) in [5.74, 6) is 0. The van der Waals surface area contributed by atoms with Gasteiger partial charge in [0.15, 0.2) is 0 Å². The van der Waals surface area contributed by atoms with E-state index in [0.717, 1.165) is 12.0 Å². The Labute approximate surface area is 60.0 Å². The van der Waals surface area contributed by atoms with Crippen molar-refractivity contribution in [2.75, 3.05) is 6.61 Å². The lowest BCUT2D eigenvalue weighted by atomic mass is 10.3. The van der Waals surface area contributed by atoms with Gasteiger partial charge in [-0.2, -0.15) is 0 Å². The van der Waals surface area contributed by atoms with Gasteiger partial charge in [0.1, 0.15) is 0 Å². The van der Waals surface area contributed by atoms with Crippen molar-refractivity contribution in [1.82, 2.24) is 5.48 Å². The molecule has 0 aliphatic rings. The van der Waals surface area contributed by atoms with Crippen molar-refractivity contribution < 1.29 is 9.63 Å². The molecule has 0 heterocycles. The van der Waals surface area contributed by atoms with Gasteiger partial charge in [0.2, 0.25) is 0 Å². The molecular formula is C6H12N2O2.